The molecule has 0 fully saturated rings. The minimum Gasteiger partial charge on any atom is -0.483 e. The van der Waals surface area contributed by atoms with Crippen LogP contribution in [0.4, 0.5) is 11.4 Å². The molecule has 3 aromatic carbocycles. The highest BCUT2D eigenvalue weighted by atomic mass is 16.5. The van der Waals surface area contributed by atoms with E-state index >= 15 is 0 Å². The molecule has 0 aromatic heterocycles. The second kappa shape index (κ2) is 10.4. The average molecular weight is 417 g/mol. The van der Waals surface area contributed by atoms with Crippen molar-refractivity contribution in [2.45, 2.75) is 26.7 Å². The highest BCUT2D eigenvalue weighted by Gasteiger charge is 2.20. The lowest BCUT2D eigenvalue weighted by Gasteiger charge is -2.22. The second-order valence-electron chi connectivity index (χ2n) is 7.46. The number of carbonyl (C=O) groups excluding carboxylic acids is 2. The van der Waals surface area contributed by atoms with Crippen molar-refractivity contribution in [2.75, 3.05) is 23.4 Å². The first-order valence-electron chi connectivity index (χ1n) is 10.5. The van der Waals surface area contributed by atoms with E-state index in [0.29, 0.717) is 23.5 Å². The SMILES string of the molecule is CCN(C(=O)c1ccccc1NC(=O)COc1ccccc1C(C)C)c1ccccc1. The van der Waals surface area contributed by atoms with Crippen LogP contribution in [0.3, 0.4) is 0 Å². The number of benzene rings is 3. The lowest BCUT2D eigenvalue weighted by molar-refractivity contribution is -0.118. The molecule has 0 aliphatic carbocycles. The third-order valence-electron chi connectivity index (χ3n) is 4.96. The molecule has 0 saturated carbocycles. The Labute approximate surface area is 183 Å². The largest absolute Gasteiger partial charge is 0.483 e. The molecule has 1 N–H and O–H groups in total. The number of amides is 2. The van der Waals surface area contributed by atoms with Crippen molar-refractivity contribution in [3.05, 3.63) is 90.0 Å². The standard InChI is InChI=1S/C26H28N2O3/c1-4-28(20-12-6-5-7-13-20)26(30)22-15-8-10-16-23(22)27-25(29)18-31-24-17-11-9-14-21(24)19(2)3/h5-17,19H,4,18H2,1-3H3,(H,27,29). The van der Waals surface area contributed by atoms with E-state index < -0.39 is 0 Å². The van der Waals surface area contributed by atoms with Crippen LogP contribution in [-0.4, -0.2) is 25.0 Å². The van der Waals surface area contributed by atoms with E-state index in [9.17, 15) is 9.59 Å². The van der Waals surface area contributed by atoms with Crippen molar-refractivity contribution in [1.29, 1.82) is 0 Å². The van der Waals surface area contributed by atoms with Crippen LogP contribution in [0.25, 0.3) is 0 Å². The highest BCUT2D eigenvalue weighted by molar-refractivity contribution is 6.11. The third-order valence-corrected chi connectivity index (χ3v) is 4.96. The van der Waals surface area contributed by atoms with E-state index in [0.717, 1.165) is 11.3 Å². The molecule has 2 amide bonds. The Hall–Kier alpha value is -3.60. The number of carbonyl (C=O) groups is 2. The van der Waals surface area contributed by atoms with Gasteiger partial charge in [-0.3, -0.25) is 9.59 Å². The monoisotopic (exact) mass is 416 g/mol. The molecule has 0 unspecified atom stereocenters. The van der Waals surface area contributed by atoms with Gasteiger partial charge in [0.1, 0.15) is 5.75 Å². The van der Waals surface area contributed by atoms with Gasteiger partial charge in [0.15, 0.2) is 6.61 Å². The Kier molecular flexibility index (Phi) is 7.44. The molecule has 0 aliphatic rings. The van der Waals surface area contributed by atoms with Crippen molar-refractivity contribution in [3.8, 4) is 5.75 Å². The molecule has 31 heavy (non-hydrogen) atoms. The number of nitrogens with zero attached hydrogens (tertiary/aromatic N) is 1. The Balaban J connectivity index is 1.73. The van der Waals surface area contributed by atoms with Gasteiger partial charge < -0.3 is 15.0 Å². The molecular formula is C26H28N2O3. The summed E-state index contributed by atoms with van der Waals surface area (Å²) in [6, 6.07) is 24.2. The van der Waals surface area contributed by atoms with Gasteiger partial charge in [-0.1, -0.05) is 62.4 Å². The highest BCUT2D eigenvalue weighted by Crippen LogP contribution is 2.26. The van der Waals surface area contributed by atoms with Crippen molar-refractivity contribution >= 4 is 23.2 Å². The molecule has 3 aromatic rings. The Bertz CT molecular complexity index is 1030. The van der Waals surface area contributed by atoms with Crippen LogP contribution in [0.5, 0.6) is 5.75 Å². The van der Waals surface area contributed by atoms with Gasteiger partial charge in [-0.05, 0) is 48.7 Å². The quantitative estimate of drug-likeness (QED) is 0.528. The average Bonchev–Trinajstić information content (AvgIpc) is 2.79. The van der Waals surface area contributed by atoms with E-state index in [1.54, 1.807) is 29.2 Å². The number of nitrogens with one attached hydrogen (secondary N) is 1. The van der Waals surface area contributed by atoms with Crippen LogP contribution in [0, 0.1) is 0 Å². The van der Waals surface area contributed by atoms with Crippen LogP contribution >= 0.6 is 0 Å². The molecule has 0 atom stereocenters. The molecule has 160 valence electrons. The van der Waals surface area contributed by atoms with E-state index in [1.807, 2.05) is 61.5 Å². The number of anilines is 2. The van der Waals surface area contributed by atoms with Gasteiger partial charge in [-0.15, -0.1) is 0 Å². The summed E-state index contributed by atoms with van der Waals surface area (Å²) in [5, 5.41) is 2.83. The molecule has 0 spiro atoms. The number of hydrogen-bond acceptors (Lipinski definition) is 3. The van der Waals surface area contributed by atoms with Crippen LogP contribution in [0.1, 0.15) is 42.6 Å². The first-order valence-corrected chi connectivity index (χ1v) is 10.5. The number of para-hydroxylation sites is 3. The maximum Gasteiger partial charge on any atom is 0.262 e. The Morgan fingerprint density at radius 1 is 0.903 bits per heavy atom. The van der Waals surface area contributed by atoms with Gasteiger partial charge >= 0.3 is 0 Å². The molecule has 0 radical (unpaired) electrons. The van der Waals surface area contributed by atoms with Gasteiger partial charge in [-0.25, -0.2) is 0 Å². The van der Waals surface area contributed by atoms with Crippen LogP contribution in [0.2, 0.25) is 0 Å². The summed E-state index contributed by atoms with van der Waals surface area (Å²) in [5.41, 5.74) is 2.76. The van der Waals surface area contributed by atoms with Gasteiger partial charge in [0.25, 0.3) is 11.8 Å². The molecule has 0 saturated heterocycles. The first-order chi connectivity index (χ1) is 15.0. The predicted octanol–water partition coefficient (Wildman–Crippen LogP) is 5.49. The zero-order chi connectivity index (χ0) is 22.2. The fourth-order valence-corrected chi connectivity index (χ4v) is 3.39. The van der Waals surface area contributed by atoms with Crippen LogP contribution in [-0.2, 0) is 4.79 Å². The summed E-state index contributed by atoms with van der Waals surface area (Å²) >= 11 is 0. The van der Waals surface area contributed by atoms with Gasteiger partial charge in [0.2, 0.25) is 0 Å². The van der Waals surface area contributed by atoms with Crippen LogP contribution in [0.15, 0.2) is 78.9 Å². The molecule has 0 aliphatic heterocycles. The van der Waals surface area contributed by atoms with Crippen LogP contribution < -0.4 is 15.0 Å². The summed E-state index contributed by atoms with van der Waals surface area (Å²) < 4.78 is 5.76. The van der Waals surface area contributed by atoms with Crippen molar-refractivity contribution < 1.29 is 14.3 Å². The zero-order valence-corrected chi connectivity index (χ0v) is 18.2. The minimum atomic E-state index is -0.318. The summed E-state index contributed by atoms with van der Waals surface area (Å²) in [6.45, 7) is 6.46. The zero-order valence-electron chi connectivity index (χ0n) is 18.2. The number of hydrogen-bond donors (Lipinski definition) is 1. The first kappa shape index (κ1) is 22.1. The summed E-state index contributed by atoms with van der Waals surface area (Å²) in [7, 11) is 0. The molecule has 5 heteroatoms. The molecule has 5 nitrogen and oxygen atoms in total. The number of ether oxygens (including phenoxy) is 1. The predicted molar refractivity (Wildman–Crippen MR) is 125 cm³/mol. The fraction of sp³-hybridized carbons (Fsp3) is 0.231. The van der Waals surface area contributed by atoms with Gasteiger partial charge in [0, 0.05) is 12.2 Å². The number of rotatable bonds is 8. The van der Waals surface area contributed by atoms with E-state index in [-0.39, 0.29) is 24.3 Å². The maximum atomic E-state index is 13.2. The normalized spacial score (nSPS) is 10.6. The third kappa shape index (κ3) is 5.51. The van der Waals surface area contributed by atoms with E-state index in [1.165, 1.54) is 0 Å². The molecule has 3 rings (SSSR count). The summed E-state index contributed by atoms with van der Waals surface area (Å²) in [5.74, 6) is 0.492. The van der Waals surface area contributed by atoms with Crippen molar-refractivity contribution in [2.24, 2.45) is 0 Å². The van der Waals surface area contributed by atoms with Crippen molar-refractivity contribution in [1.82, 2.24) is 0 Å². The fourth-order valence-electron chi connectivity index (χ4n) is 3.39. The molecule has 0 bridgehead atoms. The maximum absolute atomic E-state index is 13.2. The lowest BCUT2D eigenvalue weighted by atomic mass is 10.0. The Morgan fingerprint density at radius 3 is 2.26 bits per heavy atom. The van der Waals surface area contributed by atoms with E-state index in [2.05, 4.69) is 19.2 Å². The lowest BCUT2D eigenvalue weighted by Crippen LogP contribution is -2.32. The second-order valence-corrected chi connectivity index (χ2v) is 7.46. The van der Waals surface area contributed by atoms with Crippen molar-refractivity contribution in [3.63, 3.8) is 0 Å². The summed E-state index contributed by atoms with van der Waals surface area (Å²) in [4.78, 5) is 27.5. The summed E-state index contributed by atoms with van der Waals surface area (Å²) in [6.07, 6.45) is 0. The topological polar surface area (TPSA) is 58.6 Å². The van der Waals surface area contributed by atoms with E-state index in [4.69, 9.17) is 4.74 Å². The minimum absolute atomic E-state index is 0.136. The molecule has 0 heterocycles. The van der Waals surface area contributed by atoms with Gasteiger partial charge in [0.05, 0.1) is 11.3 Å². The molecular weight excluding hydrogens is 388 g/mol. The van der Waals surface area contributed by atoms with Gasteiger partial charge in [-0.2, -0.15) is 0 Å². The Morgan fingerprint density at radius 2 is 1.55 bits per heavy atom. The smallest absolute Gasteiger partial charge is 0.262 e.